The Kier molecular flexibility index (Phi) is 1.34. The fraction of sp³-hybridized carbons (Fsp3) is 0.333. The van der Waals surface area contributed by atoms with Gasteiger partial charge in [0.25, 0.3) is 0 Å². The van der Waals surface area contributed by atoms with Crippen molar-refractivity contribution in [2.75, 3.05) is 6.61 Å². The molecule has 0 aliphatic carbocycles. The number of aryl methyl sites for hydroxylation is 1. The van der Waals surface area contributed by atoms with Crippen molar-refractivity contribution in [1.82, 2.24) is 0 Å². The molecular formula is C9H9FO. The van der Waals surface area contributed by atoms with Gasteiger partial charge in [0.15, 0.2) is 11.6 Å². The monoisotopic (exact) mass is 152 g/mol. The van der Waals surface area contributed by atoms with Crippen molar-refractivity contribution < 1.29 is 9.13 Å². The van der Waals surface area contributed by atoms with Crippen LogP contribution in [-0.4, -0.2) is 6.61 Å². The van der Waals surface area contributed by atoms with E-state index in [1.807, 2.05) is 6.92 Å². The number of hydrogen-bond donors (Lipinski definition) is 0. The summed E-state index contributed by atoms with van der Waals surface area (Å²) < 4.78 is 18.1. The number of rotatable bonds is 0. The molecule has 0 saturated heterocycles. The second-order valence-electron chi connectivity index (χ2n) is 2.77. The van der Waals surface area contributed by atoms with Gasteiger partial charge >= 0.3 is 0 Å². The summed E-state index contributed by atoms with van der Waals surface area (Å²) in [6, 6.07) is 3.25. The van der Waals surface area contributed by atoms with E-state index >= 15 is 0 Å². The SMILES string of the molecule is Cc1ccc(F)c2c1CCO2. The van der Waals surface area contributed by atoms with E-state index in [0.717, 1.165) is 17.5 Å². The van der Waals surface area contributed by atoms with Gasteiger partial charge in [0.2, 0.25) is 0 Å². The van der Waals surface area contributed by atoms with E-state index in [0.29, 0.717) is 12.4 Å². The lowest BCUT2D eigenvalue weighted by molar-refractivity contribution is 0.339. The Morgan fingerprint density at radius 1 is 1.45 bits per heavy atom. The van der Waals surface area contributed by atoms with E-state index in [1.54, 1.807) is 6.07 Å². The first-order valence-electron chi connectivity index (χ1n) is 3.70. The summed E-state index contributed by atoms with van der Waals surface area (Å²) in [5.74, 6) is 0.230. The molecule has 0 spiro atoms. The lowest BCUT2D eigenvalue weighted by Gasteiger charge is -2.01. The maximum atomic E-state index is 12.9. The molecule has 0 unspecified atom stereocenters. The topological polar surface area (TPSA) is 9.23 Å². The molecule has 1 aliphatic rings. The van der Waals surface area contributed by atoms with Crippen molar-refractivity contribution in [1.29, 1.82) is 0 Å². The van der Waals surface area contributed by atoms with Gasteiger partial charge in [-0.15, -0.1) is 0 Å². The molecule has 0 aromatic heterocycles. The highest BCUT2D eigenvalue weighted by atomic mass is 19.1. The minimum Gasteiger partial charge on any atom is -0.490 e. The van der Waals surface area contributed by atoms with Crippen LogP contribution in [0.3, 0.4) is 0 Å². The fourth-order valence-corrected chi connectivity index (χ4v) is 1.42. The van der Waals surface area contributed by atoms with Gasteiger partial charge in [0.05, 0.1) is 6.61 Å². The van der Waals surface area contributed by atoms with E-state index in [4.69, 9.17) is 4.74 Å². The van der Waals surface area contributed by atoms with Gasteiger partial charge in [0.1, 0.15) is 0 Å². The van der Waals surface area contributed by atoms with E-state index in [2.05, 4.69) is 0 Å². The first-order chi connectivity index (χ1) is 5.29. The molecule has 0 radical (unpaired) electrons. The largest absolute Gasteiger partial charge is 0.490 e. The van der Waals surface area contributed by atoms with Gasteiger partial charge in [-0.2, -0.15) is 0 Å². The Labute approximate surface area is 64.8 Å². The van der Waals surface area contributed by atoms with Crippen molar-refractivity contribution in [2.45, 2.75) is 13.3 Å². The van der Waals surface area contributed by atoms with Gasteiger partial charge in [-0.25, -0.2) is 4.39 Å². The lowest BCUT2D eigenvalue weighted by Crippen LogP contribution is -1.88. The molecule has 1 nitrogen and oxygen atoms in total. The van der Waals surface area contributed by atoms with Crippen LogP contribution in [0.2, 0.25) is 0 Å². The molecule has 0 saturated carbocycles. The number of halogens is 1. The summed E-state index contributed by atoms with van der Waals surface area (Å²) in [6.45, 7) is 2.60. The molecule has 0 atom stereocenters. The highest BCUT2D eigenvalue weighted by molar-refractivity contribution is 5.43. The third kappa shape index (κ3) is 0.897. The maximum absolute atomic E-state index is 12.9. The van der Waals surface area contributed by atoms with E-state index in [9.17, 15) is 4.39 Å². The summed E-state index contributed by atoms with van der Waals surface area (Å²) in [5, 5.41) is 0. The third-order valence-corrected chi connectivity index (χ3v) is 2.05. The van der Waals surface area contributed by atoms with Crippen LogP contribution in [0.15, 0.2) is 12.1 Å². The van der Waals surface area contributed by atoms with Gasteiger partial charge in [-0.3, -0.25) is 0 Å². The first kappa shape index (κ1) is 6.65. The molecule has 0 amide bonds. The average molecular weight is 152 g/mol. The van der Waals surface area contributed by atoms with Crippen LogP contribution in [0, 0.1) is 12.7 Å². The van der Waals surface area contributed by atoms with Gasteiger partial charge in [-0.1, -0.05) is 6.07 Å². The minimum atomic E-state index is -0.233. The van der Waals surface area contributed by atoms with Gasteiger partial charge < -0.3 is 4.74 Å². The molecule has 11 heavy (non-hydrogen) atoms. The second-order valence-corrected chi connectivity index (χ2v) is 2.77. The second kappa shape index (κ2) is 2.22. The average Bonchev–Trinajstić information content (AvgIpc) is 2.45. The van der Waals surface area contributed by atoms with E-state index in [-0.39, 0.29) is 5.82 Å². The van der Waals surface area contributed by atoms with Crippen molar-refractivity contribution in [2.24, 2.45) is 0 Å². The molecule has 0 fully saturated rings. The van der Waals surface area contributed by atoms with Crippen LogP contribution in [0.4, 0.5) is 4.39 Å². The first-order valence-corrected chi connectivity index (χ1v) is 3.70. The van der Waals surface area contributed by atoms with E-state index in [1.165, 1.54) is 6.07 Å². The zero-order chi connectivity index (χ0) is 7.84. The lowest BCUT2D eigenvalue weighted by atomic mass is 10.1. The Hall–Kier alpha value is -1.05. The van der Waals surface area contributed by atoms with Crippen molar-refractivity contribution in [3.05, 3.63) is 29.1 Å². The van der Waals surface area contributed by atoms with Crippen LogP contribution < -0.4 is 4.74 Å². The normalized spacial score (nSPS) is 14.4. The smallest absolute Gasteiger partial charge is 0.165 e. The zero-order valence-electron chi connectivity index (χ0n) is 6.36. The highest BCUT2D eigenvalue weighted by Gasteiger charge is 2.17. The summed E-state index contributed by atoms with van der Waals surface area (Å²) in [4.78, 5) is 0. The predicted octanol–water partition coefficient (Wildman–Crippen LogP) is 2.07. The Bertz CT molecular complexity index is 265. The molecule has 1 aromatic carbocycles. The number of benzene rings is 1. The van der Waals surface area contributed by atoms with Crippen LogP contribution in [0.5, 0.6) is 5.75 Å². The van der Waals surface area contributed by atoms with Crippen molar-refractivity contribution >= 4 is 0 Å². The Balaban J connectivity index is 2.64. The van der Waals surface area contributed by atoms with Gasteiger partial charge in [-0.05, 0) is 18.6 Å². The third-order valence-electron chi connectivity index (χ3n) is 2.05. The molecule has 0 bridgehead atoms. The van der Waals surface area contributed by atoms with Gasteiger partial charge in [0, 0.05) is 12.0 Å². The summed E-state index contributed by atoms with van der Waals surface area (Å²) >= 11 is 0. The maximum Gasteiger partial charge on any atom is 0.165 e. The summed E-state index contributed by atoms with van der Waals surface area (Å²) in [7, 11) is 0. The van der Waals surface area contributed by atoms with Crippen LogP contribution >= 0.6 is 0 Å². The van der Waals surface area contributed by atoms with Crippen LogP contribution in [0.25, 0.3) is 0 Å². The molecule has 58 valence electrons. The molecule has 1 aromatic rings. The number of hydrogen-bond acceptors (Lipinski definition) is 1. The zero-order valence-corrected chi connectivity index (χ0v) is 6.36. The Morgan fingerprint density at radius 2 is 2.27 bits per heavy atom. The quantitative estimate of drug-likeness (QED) is 0.553. The van der Waals surface area contributed by atoms with Crippen LogP contribution in [-0.2, 0) is 6.42 Å². The highest BCUT2D eigenvalue weighted by Crippen LogP contribution is 2.30. The molecule has 2 rings (SSSR count). The molecular weight excluding hydrogens is 143 g/mol. The van der Waals surface area contributed by atoms with Crippen molar-refractivity contribution in [3.63, 3.8) is 0 Å². The standard InChI is InChI=1S/C9H9FO/c1-6-2-3-8(10)9-7(6)4-5-11-9/h2-3H,4-5H2,1H3. The number of ether oxygens (including phenoxy) is 1. The number of fused-ring (bicyclic) bond motifs is 1. The van der Waals surface area contributed by atoms with E-state index < -0.39 is 0 Å². The van der Waals surface area contributed by atoms with Crippen LogP contribution in [0.1, 0.15) is 11.1 Å². The molecule has 1 aliphatic heterocycles. The minimum absolute atomic E-state index is 0.233. The predicted molar refractivity (Wildman–Crippen MR) is 40.3 cm³/mol. The molecule has 0 N–H and O–H groups in total. The summed E-state index contributed by atoms with van der Waals surface area (Å²) in [6.07, 6.45) is 0.846. The fourth-order valence-electron chi connectivity index (χ4n) is 1.42. The molecule has 1 heterocycles. The molecule has 2 heteroatoms. The van der Waals surface area contributed by atoms with Crippen molar-refractivity contribution in [3.8, 4) is 5.75 Å². The Morgan fingerprint density at radius 3 is 3.00 bits per heavy atom. The summed E-state index contributed by atoms with van der Waals surface area (Å²) in [5.41, 5.74) is 2.16.